The van der Waals surface area contributed by atoms with E-state index in [0.29, 0.717) is 12.0 Å². The van der Waals surface area contributed by atoms with Crippen molar-refractivity contribution < 1.29 is 4.79 Å². The molecule has 3 rings (SSSR count). The summed E-state index contributed by atoms with van der Waals surface area (Å²) in [5.41, 5.74) is 2.83. The van der Waals surface area contributed by atoms with Crippen LogP contribution in [-0.2, 0) is 17.6 Å². The number of hydrogen-bond donors (Lipinski definition) is 2. The molecule has 1 aliphatic rings. The van der Waals surface area contributed by atoms with Gasteiger partial charge in [0.25, 0.3) is 0 Å². The normalized spacial score (nSPS) is 16.9. The Bertz CT molecular complexity index is 809. The lowest BCUT2D eigenvalue weighted by molar-refractivity contribution is -0.127. The van der Waals surface area contributed by atoms with Gasteiger partial charge in [-0.05, 0) is 30.4 Å². The summed E-state index contributed by atoms with van der Waals surface area (Å²) >= 11 is 1.66. The highest BCUT2D eigenvalue weighted by Crippen LogP contribution is 2.21. The number of fused-ring (bicyclic) bond motifs is 1. The van der Waals surface area contributed by atoms with Crippen molar-refractivity contribution in [2.45, 2.75) is 38.1 Å². The van der Waals surface area contributed by atoms with Gasteiger partial charge in [-0.2, -0.15) is 0 Å². The van der Waals surface area contributed by atoms with E-state index in [1.165, 1.54) is 11.1 Å². The summed E-state index contributed by atoms with van der Waals surface area (Å²) in [4.78, 5) is 22.5. The number of aliphatic imine (C=N–C) groups is 1. The highest BCUT2D eigenvalue weighted by Gasteiger charge is 2.20. The summed E-state index contributed by atoms with van der Waals surface area (Å²) in [6.07, 6.45) is 4.92. The minimum absolute atomic E-state index is 0. The molecule has 2 unspecified atom stereocenters. The van der Waals surface area contributed by atoms with E-state index in [2.05, 4.69) is 51.8 Å². The van der Waals surface area contributed by atoms with E-state index in [-0.39, 0.29) is 42.3 Å². The molecule has 0 fully saturated rings. The fraction of sp³-hybridized carbons (Fsp3) is 0.476. The van der Waals surface area contributed by atoms with Crippen molar-refractivity contribution in [2.24, 2.45) is 4.99 Å². The predicted octanol–water partition coefficient (Wildman–Crippen LogP) is 3.05. The van der Waals surface area contributed by atoms with Crippen LogP contribution in [0.15, 0.2) is 40.8 Å². The summed E-state index contributed by atoms with van der Waals surface area (Å²) < 4.78 is 0. The zero-order valence-electron chi connectivity index (χ0n) is 17.2. The molecule has 1 amide bonds. The summed E-state index contributed by atoms with van der Waals surface area (Å²) in [5.74, 6) is 0.967. The van der Waals surface area contributed by atoms with Crippen molar-refractivity contribution in [3.05, 3.63) is 52.0 Å². The topological polar surface area (TPSA) is 69.6 Å². The average molecular weight is 527 g/mol. The van der Waals surface area contributed by atoms with Gasteiger partial charge in [-0.15, -0.1) is 35.3 Å². The Labute approximate surface area is 194 Å². The lowest BCUT2D eigenvalue weighted by Gasteiger charge is -2.27. The van der Waals surface area contributed by atoms with Gasteiger partial charge in [0.15, 0.2) is 5.96 Å². The van der Waals surface area contributed by atoms with Gasteiger partial charge in [0.1, 0.15) is 6.54 Å². The Morgan fingerprint density at radius 3 is 2.79 bits per heavy atom. The maximum atomic E-state index is 12.0. The van der Waals surface area contributed by atoms with Gasteiger partial charge in [-0.25, -0.2) is 9.98 Å². The number of thiazole rings is 1. The second-order valence-corrected chi connectivity index (χ2v) is 8.38. The van der Waals surface area contributed by atoms with E-state index in [1.54, 1.807) is 30.3 Å². The Morgan fingerprint density at radius 2 is 2.10 bits per heavy atom. The van der Waals surface area contributed by atoms with E-state index < -0.39 is 0 Å². The number of halogens is 1. The highest BCUT2D eigenvalue weighted by atomic mass is 127. The minimum Gasteiger partial charge on any atom is -0.356 e. The Kier molecular flexibility index (Phi) is 9.35. The third-order valence-electron chi connectivity index (χ3n) is 5.01. The number of rotatable bonds is 6. The van der Waals surface area contributed by atoms with Crippen molar-refractivity contribution in [1.29, 1.82) is 0 Å². The molecule has 1 aromatic heterocycles. The zero-order valence-corrected chi connectivity index (χ0v) is 20.4. The molecule has 8 heteroatoms. The van der Waals surface area contributed by atoms with Crippen molar-refractivity contribution in [2.75, 3.05) is 27.2 Å². The van der Waals surface area contributed by atoms with Crippen molar-refractivity contribution in [1.82, 2.24) is 20.5 Å². The molecule has 0 aliphatic heterocycles. The molecule has 0 bridgehead atoms. The number of nitrogens with one attached hydrogen (secondary N) is 2. The Balaban J connectivity index is 0.00000300. The van der Waals surface area contributed by atoms with Crippen LogP contribution in [0.1, 0.15) is 35.4 Å². The summed E-state index contributed by atoms with van der Waals surface area (Å²) in [5, 5.41) is 10.0. The Morgan fingerprint density at radius 1 is 1.34 bits per heavy atom. The molecule has 1 heterocycles. The molecule has 1 aliphatic carbocycles. The number of nitrogens with zero attached hydrogens (tertiary/aromatic N) is 3. The smallest absolute Gasteiger partial charge is 0.243 e. The van der Waals surface area contributed by atoms with Gasteiger partial charge < -0.3 is 15.5 Å². The quantitative estimate of drug-likeness (QED) is 0.344. The highest BCUT2D eigenvalue weighted by molar-refractivity contribution is 14.0. The van der Waals surface area contributed by atoms with E-state index >= 15 is 0 Å². The van der Waals surface area contributed by atoms with Crippen LogP contribution in [0.25, 0.3) is 0 Å². The van der Waals surface area contributed by atoms with Crippen molar-refractivity contribution >= 4 is 47.2 Å². The lowest BCUT2D eigenvalue weighted by Crippen LogP contribution is -2.47. The molecule has 6 nitrogen and oxygen atoms in total. The number of hydrogen-bond acceptors (Lipinski definition) is 4. The first-order valence-corrected chi connectivity index (χ1v) is 10.6. The molecule has 29 heavy (non-hydrogen) atoms. The predicted molar refractivity (Wildman–Crippen MR) is 130 cm³/mol. The monoisotopic (exact) mass is 527 g/mol. The van der Waals surface area contributed by atoms with E-state index in [0.717, 1.165) is 30.8 Å². The van der Waals surface area contributed by atoms with Gasteiger partial charge in [-0.1, -0.05) is 31.2 Å². The molecule has 0 saturated carbocycles. The van der Waals surface area contributed by atoms with Gasteiger partial charge >= 0.3 is 0 Å². The van der Waals surface area contributed by atoms with Crippen LogP contribution in [0.4, 0.5) is 0 Å². The third kappa shape index (κ3) is 6.95. The number of carbonyl (C=O) groups excluding carboxylic acids is 1. The fourth-order valence-electron chi connectivity index (χ4n) is 3.27. The standard InChI is InChI=1S/C21H29N5OS.HI/c1-15(20-22-10-11-28-20)13-23-21(24-14-19(27)26(2)3)25-18-9-8-16-6-4-5-7-17(16)12-18;/h4-7,10-11,15,18H,8-9,12-14H2,1-3H3,(H2,23,24,25);1H. The van der Waals surface area contributed by atoms with E-state index in [4.69, 9.17) is 0 Å². The van der Waals surface area contributed by atoms with Crippen molar-refractivity contribution in [3.8, 4) is 0 Å². The second kappa shape index (κ2) is 11.5. The molecule has 2 aromatic rings. The average Bonchev–Trinajstić information content (AvgIpc) is 3.24. The largest absolute Gasteiger partial charge is 0.356 e. The molecular weight excluding hydrogens is 497 g/mol. The van der Waals surface area contributed by atoms with Crippen LogP contribution >= 0.6 is 35.3 Å². The molecule has 0 saturated heterocycles. The summed E-state index contributed by atoms with van der Waals surface area (Å²) in [7, 11) is 3.50. The van der Waals surface area contributed by atoms with Crippen LogP contribution in [-0.4, -0.2) is 55.0 Å². The number of amides is 1. The van der Waals surface area contributed by atoms with Gasteiger partial charge in [-0.3, -0.25) is 4.79 Å². The van der Waals surface area contributed by atoms with Crippen LogP contribution < -0.4 is 10.6 Å². The molecule has 158 valence electrons. The fourth-order valence-corrected chi connectivity index (χ4v) is 3.97. The first kappa shape index (κ1) is 23.6. The maximum absolute atomic E-state index is 12.0. The number of likely N-dealkylation sites (N-methyl/N-ethyl adjacent to an activating group) is 1. The molecular formula is C21H30IN5OS. The molecule has 0 radical (unpaired) electrons. The summed E-state index contributed by atoms with van der Waals surface area (Å²) in [6, 6.07) is 8.93. The van der Waals surface area contributed by atoms with Crippen molar-refractivity contribution in [3.63, 3.8) is 0 Å². The SMILES string of the molecule is CC(CNC(=NCC(=O)N(C)C)NC1CCc2ccccc2C1)c1nccs1.I. The zero-order chi connectivity index (χ0) is 19.9. The first-order chi connectivity index (χ1) is 13.5. The number of benzene rings is 1. The molecule has 2 N–H and O–H groups in total. The number of guanidine groups is 1. The van der Waals surface area contributed by atoms with E-state index in [9.17, 15) is 4.79 Å². The molecule has 2 atom stereocenters. The summed E-state index contributed by atoms with van der Waals surface area (Å²) in [6.45, 7) is 3.00. The minimum atomic E-state index is -0.0111. The number of aromatic nitrogens is 1. The molecule has 0 spiro atoms. The number of carbonyl (C=O) groups is 1. The maximum Gasteiger partial charge on any atom is 0.243 e. The Hall–Kier alpha value is -1.68. The second-order valence-electron chi connectivity index (χ2n) is 7.46. The number of aryl methyl sites for hydroxylation is 1. The van der Waals surface area contributed by atoms with Gasteiger partial charge in [0, 0.05) is 44.2 Å². The van der Waals surface area contributed by atoms with Gasteiger partial charge in [0.05, 0.1) is 5.01 Å². The third-order valence-corrected chi connectivity index (χ3v) is 6.01. The van der Waals surface area contributed by atoms with Crippen LogP contribution in [0.2, 0.25) is 0 Å². The molecule has 1 aromatic carbocycles. The van der Waals surface area contributed by atoms with Gasteiger partial charge in [0.2, 0.25) is 5.91 Å². The lowest BCUT2D eigenvalue weighted by atomic mass is 9.88. The van der Waals surface area contributed by atoms with Crippen LogP contribution in [0, 0.1) is 0 Å². The first-order valence-electron chi connectivity index (χ1n) is 9.74. The van der Waals surface area contributed by atoms with Crippen LogP contribution in [0.3, 0.4) is 0 Å². The van der Waals surface area contributed by atoms with E-state index in [1.807, 2.05) is 11.6 Å². The van der Waals surface area contributed by atoms with Crippen LogP contribution in [0.5, 0.6) is 0 Å².